The first-order valence-corrected chi connectivity index (χ1v) is 7.59. The molecule has 1 aromatic carbocycles. The number of benzene rings is 1. The van der Waals surface area contributed by atoms with Crippen molar-refractivity contribution in [3.05, 3.63) is 22.7 Å². The Balaban J connectivity index is 3.10. The van der Waals surface area contributed by atoms with Crippen molar-refractivity contribution in [2.75, 3.05) is 17.1 Å². The van der Waals surface area contributed by atoms with E-state index in [0.717, 1.165) is 8.78 Å². The second kappa shape index (κ2) is 5.07. The first kappa shape index (κ1) is 15.3. The van der Waals surface area contributed by atoms with Crippen molar-refractivity contribution in [2.24, 2.45) is 0 Å². The van der Waals surface area contributed by atoms with Gasteiger partial charge < -0.3 is 5.73 Å². The Kier molecular flexibility index (Phi) is 4.30. The number of rotatable bonds is 3. The molecule has 0 spiro atoms. The van der Waals surface area contributed by atoms with Crippen molar-refractivity contribution in [2.45, 2.75) is 26.3 Å². The summed E-state index contributed by atoms with van der Waals surface area (Å²) in [6.45, 7) is 5.34. The van der Waals surface area contributed by atoms with E-state index in [2.05, 4.69) is 20.7 Å². The summed E-state index contributed by atoms with van der Waals surface area (Å²) in [4.78, 5) is 0. The third-order valence-corrected chi connectivity index (χ3v) is 4.41. The fraction of sp³-hybridized carbons (Fsp3) is 0.455. The average molecular weight is 336 g/mol. The summed E-state index contributed by atoms with van der Waals surface area (Å²) in [5, 5.41) is 0. The van der Waals surface area contributed by atoms with Gasteiger partial charge in [-0.25, -0.2) is 0 Å². The summed E-state index contributed by atoms with van der Waals surface area (Å²) in [7, 11) is -2.15. The summed E-state index contributed by atoms with van der Waals surface area (Å²) < 4.78 is 28.8. The summed E-state index contributed by atoms with van der Waals surface area (Å²) in [6.07, 6.45) is 0. The predicted molar refractivity (Wildman–Crippen MR) is 78.8 cm³/mol. The van der Waals surface area contributed by atoms with Gasteiger partial charge in [-0.2, -0.15) is 13.1 Å². The molecule has 5 nitrogen and oxygen atoms in total. The van der Waals surface area contributed by atoms with E-state index in [0.29, 0.717) is 11.4 Å². The zero-order valence-electron chi connectivity index (χ0n) is 10.9. The van der Waals surface area contributed by atoms with Crippen LogP contribution in [0.2, 0.25) is 0 Å². The lowest BCUT2D eigenvalue weighted by Crippen LogP contribution is -2.47. The fourth-order valence-corrected chi connectivity index (χ4v) is 3.11. The number of nitrogens with one attached hydrogen (secondary N) is 1. The maximum absolute atomic E-state index is 12.1. The van der Waals surface area contributed by atoms with E-state index in [1.165, 1.54) is 7.05 Å². The van der Waals surface area contributed by atoms with E-state index in [1.807, 2.05) is 0 Å². The van der Waals surface area contributed by atoms with Gasteiger partial charge in [-0.1, -0.05) is 15.9 Å². The van der Waals surface area contributed by atoms with Crippen LogP contribution < -0.4 is 14.8 Å². The van der Waals surface area contributed by atoms with Crippen molar-refractivity contribution in [3.63, 3.8) is 0 Å². The Morgan fingerprint density at radius 2 is 1.89 bits per heavy atom. The van der Waals surface area contributed by atoms with Crippen LogP contribution in [-0.2, 0) is 10.2 Å². The summed E-state index contributed by atoms with van der Waals surface area (Å²) in [5.74, 6) is 0. The highest BCUT2D eigenvalue weighted by Gasteiger charge is 2.25. The van der Waals surface area contributed by atoms with Crippen LogP contribution in [0.3, 0.4) is 0 Å². The Morgan fingerprint density at radius 1 is 1.33 bits per heavy atom. The van der Waals surface area contributed by atoms with E-state index in [9.17, 15) is 8.42 Å². The van der Waals surface area contributed by atoms with Crippen LogP contribution in [0.1, 0.15) is 20.8 Å². The van der Waals surface area contributed by atoms with Gasteiger partial charge in [0.2, 0.25) is 0 Å². The van der Waals surface area contributed by atoms with Crippen LogP contribution in [0.4, 0.5) is 11.4 Å². The Bertz CT molecular complexity index is 538. The van der Waals surface area contributed by atoms with Gasteiger partial charge >= 0.3 is 10.2 Å². The quantitative estimate of drug-likeness (QED) is 0.830. The highest BCUT2D eigenvalue weighted by atomic mass is 79.9. The molecule has 0 fully saturated rings. The minimum Gasteiger partial charge on any atom is -0.397 e. The molecule has 0 saturated carbocycles. The first-order chi connectivity index (χ1) is 8.03. The van der Waals surface area contributed by atoms with Crippen LogP contribution in [0.25, 0.3) is 0 Å². The van der Waals surface area contributed by atoms with Gasteiger partial charge in [-0.3, -0.25) is 4.31 Å². The topological polar surface area (TPSA) is 75.4 Å². The molecule has 1 aromatic rings. The summed E-state index contributed by atoms with van der Waals surface area (Å²) in [5.41, 5.74) is 6.11. The van der Waals surface area contributed by atoms with Crippen molar-refractivity contribution in [3.8, 4) is 0 Å². The number of nitrogens with two attached hydrogens (primary N) is 1. The van der Waals surface area contributed by atoms with Crippen LogP contribution in [0.5, 0.6) is 0 Å². The minimum atomic E-state index is -3.62. The number of nitrogen functional groups attached to an aromatic ring is 1. The zero-order chi connectivity index (χ0) is 14.1. The number of halogens is 1. The minimum absolute atomic E-state index is 0.395. The van der Waals surface area contributed by atoms with Gasteiger partial charge in [0.1, 0.15) is 0 Å². The van der Waals surface area contributed by atoms with Crippen LogP contribution in [-0.4, -0.2) is 21.0 Å². The normalized spacial score (nSPS) is 12.5. The largest absolute Gasteiger partial charge is 0.397 e. The lowest BCUT2D eigenvalue weighted by molar-refractivity contribution is 0.490. The number of anilines is 2. The molecule has 0 aliphatic rings. The van der Waals surface area contributed by atoms with Crippen LogP contribution in [0.15, 0.2) is 22.7 Å². The standard InChI is InChI=1S/C11H18BrN3O2S/c1-11(2,3)14-18(16,17)15(4)10-6-5-8(12)7-9(10)13/h5-7,14H,13H2,1-4H3. The first-order valence-electron chi connectivity index (χ1n) is 5.36. The molecule has 7 heteroatoms. The number of hydrogen-bond acceptors (Lipinski definition) is 3. The van der Waals surface area contributed by atoms with Gasteiger partial charge in [-0.05, 0) is 39.0 Å². The molecule has 0 saturated heterocycles. The van der Waals surface area contributed by atoms with Crippen LogP contribution >= 0.6 is 15.9 Å². The van der Waals surface area contributed by atoms with Crippen molar-refractivity contribution < 1.29 is 8.42 Å². The SMILES string of the molecule is CN(c1ccc(Br)cc1N)S(=O)(=O)NC(C)(C)C. The highest BCUT2D eigenvalue weighted by Crippen LogP contribution is 2.27. The van der Waals surface area contributed by atoms with Crippen molar-refractivity contribution in [1.29, 1.82) is 0 Å². The molecular formula is C11H18BrN3O2S. The second-order valence-corrected chi connectivity index (χ2v) is 7.65. The lowest BCUT2D eigenvalue weighted by atomic mass is 10.1. The molecule has 0 aliphatic heterocycles. The molecule has 0 amide bonds. The van der Waals surface area contributed by atoms with Gasteiger partial charge in [0.15, 0.2) is 0 Å². The average Bonchev–Trinajstić information content (AvgIpc) is 2.12. The predicted octanol–water partition coefficient (Wildman–Crippen LogP) is 2.10. The maximum atomic E-state index is 12.1. The fourth-order valence-electron chi connectivity index (χ4n) is 1.40. The van der Waals surface area contributed by atoms with Gasteiger partial charge in [0.05, 0.1) is 11.4 Å². The lowest BCUT2D eigenvalue weighted by Gasteiger charge is -2.27. The summed E-state index contributed by atoms with van der Waals surface area (Å²) in [6, 6.07) is 5.06. The van der Waals surface area contributed by atoms with E-state index in [1.54, 1.807) is 39.0 Å². The van der Waals surface area contributed by atoms with Crippen molar-refractivity contribution >= 4 is 37.5 Å². The van der Waals surface area contributed by atoms with E-state index >= 15 is 0 Å². The molecule has 0 heterocycles. The van der Waals surface area contributed by atoms with Crippen LogP contribution in [0, 0.1) is 0 Å². The van der Waals surface area contributed by atoms with E-state index in [4.69, 9.17) is 5.73 Å². The summed E-state index contributed by atoms with van der Waals surface area (Å²) >= 11 is 3.28. The molecule has 0 unspecified atom stereocenters. The van der Waals surface area contributed by atoms with Gasteiger partial charge in [-0.15, -0.1) is 0 Å². The molecule has 102 valence electrons. The molecule has 0 bridgehead atoms. The van der Waals surface area contributed by atoms with E-state index < -0.39 is 15.7 Å². The zero-order valence-corrected chi connectivity index (χ0v) is 13.3. The third-order valence-electron chi connectivity index (χ3n) is 2.12. The smallest absolute Gasteiger partial charge is 0.301 e. The molecular weight excluding hydrogens is 318 g/mol. The molecule has 0 aromatic heterocycles. The molecule has 0 atom stereocenters. The number of nitrogens with zero attached hydrogens (tertiary/aromatic N) is 1. The second-order valence-electron chi connectivity index (χ2n) is 5.03. The molecule has 1 rings (SSSR count). The molecule has 0 aliphatic carbocycles. The third kappa shape index (κ3) is 3.86. The Hall–Kier alpha value is -0.790. The van der Waals surface area contributed by atoms with Gasteiger partial charge in [0.25, 0.3) is 0 Å². The number of hydrogen-bond donors (Lipinski definition) is 2. The Labute approximate surface area is 117 Å². The monoisotopic (exact) mass is 335 g/mol. The van der Waals surface area contributed by atoms with Gasteiger partial charge in [0, 0.05) is 17.1 Å². The molecule has 0 radical (unpaired) electrons. The molecule has 3 N–H and O–H groups in total. The molecule has 18 heavy (non-hydrogen) atoms. The van der Waals surface area contributed by atoms with E-state index in [-0.39, 0.29) is 0 Å². The highest BCUT2D eigenvalue weighted by molar-refractivity contribution is 9.10. The maximum Gasteiger partial charge on any atom is 0.301 e. The Morgan fingerprint density at radius 3 is 2.33 bits per heavy atom. The van der Waals surface area contributed by atoms with Crippen molar-refractivity contribution in [1.82, 2.24) is 4.72 Å².